The summed E-state index contributed by atoms with van der Waals surface area (Å²) >= 11 is 1.87. The molecule has 1 rings (SSSR count). The van der Waals surface area contributed by atoms with E-state index in [4.69, 9.17) is 11.0 Å². The van der Waals surface area contributed by atoms with Crippen molar-refractivity contribution in [3.63, 3.8) is 0 Å². The van der Waals surface area contributed by atoms with Crippen LogP contribution in [0.2, 0.25) is 0 Å². The molecule has 0 aliphatic carbocycles. The summed E-state index contributed by atoms with van der Waals surface area (Å²) in [5, 5.41) is 8.74. The van der Waals surface area contributed by atoms with Gasteiger partial charge in [0.15, 0.2) is 0 Å². The van der Waals surface area contributed by atoms with E-state index in [2.05, 4.69) is 19.1 Å². The molecule has 0 fully saturated rings. The van der Waals surface area contributed by atoms with Crippen molar-refractivity contribution in [2.75, 3.05) is 12.3 Å². The van der Waals surface area contributed by atoms with Crippen molar-refractivity contribution in [2.24, 2.45) is 11.7 Å². The van der Waals surface area contributed by atoms with Crippen LogP contribution >= 0.6 is 11.8 Å². The van der Waals surface area contributed by atoms with Crippen LogP contribution in [0.5, 0.6) is 0 Å². The molecule has 0 saturated heterocycles. The molecule has 1 aromatic rings. The van der Waals surface area contributed by atoms with Crippen LogP contribution in [0.25, 0.3) is 0 Å². The van der Waals surface area contributed by atoms with E-state index < -0.39 is 0 Å². The van der Waals surface area contributed by atoms with Crippen LogP contribution in [-0.2, 0) is 5.75 Å². The molecule has 1 aromatic carbocycles. The highest BCUT2D eigenvalue weighted by atomic mass is 32.2. The van der Waals surface area contributed by atoms with Crippen LogP contribution in [0.3, 0.4) is 0 Å². The van der Waals surface area contributed by atoms with Crippen molar-refractivity contribution in [2.45, 2.75) is 12.7 Å². The minimum Gasteiger partial charge on any atom is -0.330 e. The predicted molar refractivity (Wildman–Crippen MR) is 65.5 cm³/mol. The molecule has 15 heavy (non-hydrogen) atoms. The summed E-state index contributed by atoms with van der Waals surface area (Å²) in [5.74, 6) is 2.60. The van der Waals surface area contributed by atoms with Gasteiger partial charge in [-0.2, -0.15) is 17.0 Å². The van der Waals surface area contributed by atoms with Crippen molar-refractivity contribution in [1.82, 2.24) is 0 Å². The van der Waals surface area contributed by atoms with Crippen molar-refractivity contribution >= 4 is 11.8 Å². The molecular formula is C12H16N2S. The summed E-state index contributed by atoms with van der Waals surface area (Å²) < 4.78 is 0. The smallest absolute Gasteiger partial charge is 0.0991 e. The summed E-state index contributed by atoms with van der Waals surface area (Å²) in [6, 6.07) is 9.91. The predicted octanol–water partition coefficient (Wildman–Crippen LogP) is 2.39. The Hall–Kier alpha value is -0.980. The Morgan fingerprint density at radius 1 is 1.53 bits per heavy atom. The van der Waals surface area contributed by atoms with E-state index in [1.165, 1.54) is 5.56 Å². The minimum atomic E-state index is 0.564. The Morgan fingerprint density at radius 2 is 2.33 bits per heavy atom. The van der Waals surface area contributed by atoms with Gasteiger partial charge in [-0.3, -0.25) is 0 Å². The zero-order valence-corrected chi connectivity index (χ0v) is 9.76. The molecule has 0 spiro atoms. The first-order valence-corrected chi connectivity index (χ1v) is 6.18. The largest absolute Gasteiger partial charge is 0.330 e. The summed E-state index contributed by atoms with van der Waals surface area (Å²) in [6.07, 6.45) is 0. The van der Waals surface area contributed by atoms with Gasteiger partial charge in [0, 0.05) is 5.75 Å². The van der Waals surface area contributed by atoms with Gasteiger partial charge < -0.3 is 5.73 Å². The zero-order valence-electron chi connectivity index (χ0n) is 8.94. The van der Waals surface area contributed by atoms with Crippen LogP contribution in [-0.4, -0.2) is 12.3 Å². The lowest BCUT2D eigenvalue weighted by Gasteiger charge is -2.07. The standard InChI is InChI=1S/C12H16N2S/c1-10(6-13)8-15-9-12-4-2-3-11(5-12)7-14/h2-5,10H,6,8-9,13H2,1H3. The molecule has 3 heteroatoms. The number of nitrogens with two attached hydrogens (primary N) is 1. The third-order valence-electron chi connectivity index (χ3n) is 2.13. The van der Waals surface area contributed by atoms with Crippen LogP contribution in [0.15, 0.2) is 24.3 Å². The summed E-state index contributed by atoms with van der Waals surface area (Å²) in [6.45, 7) is 2.89. The number of benzene rings is 1. The first-order chi connectivity index (χ1) is 7.26. The Bertz CT molecular complexity index is 344. The Morgan fingerprint density at radius 3 is 3.00 bits per heavy atom. The van der Waals surface area contributed by atoms with Gasteiger partial charge in [-0.15, -0.1) is 0 Å². The van der Waals surface area contributed by atoms with E-state index in [0.717, 1.165) is 23.6 Å². The molecule has 1 atom stereocenters. The molecule has 2 N–H and O–H groups in total. The quantitative estimate of drug-likeness (QED) is 0.829. The third kappa shape index (κ3) is 4.37. The molecule has 0 aliphatic rings. The molecule has 0 amide bonds. The highest BCUT2D eigenvalue weighted by molar-refractivity contribution is 7.98. The van der Waals surface area contributed by atoms with Gasteiger partial charge in [-0.1, -0.05) is 19.1 Å². The summed E-state index contributed by atoms with van der Waals surface area (Å²) in [4.78, 5) is 0. The fraction of sp³-hybridized carbons (Fsp3) is 0.417. The molecule has 0 saturated carbocycles. The van der Waals surface area contributed by atoms with E-state index in [1.807, 2.05) is 30.0 Å². The molecule has 1 unspecified atom stereocenters. The lowest BCUT2D eigenvalue weighted by Crippen LogP contribution is -2.12. The Balaban J connectivity index is 2.41. The fourth-order valence-electron chi connectivity index (χ4n) is 1.18. The maximum atomic E-state index is 8.74. The van der Waals surface area contributed by atoms with Gasteiger partial charge in [-0.05, 0) is 35.9 Å². The molecule has 2 nitrogen and oxygen atoms in total. The number of rotatable bonds is 5. The number of hydrogen-bond acceptors (Lipinski definition) is 3. The van der Waals surface area contributed by atoms with Crippen molar-refractivity contribution in [3.05, 3.63) is 35.4 Å². The average Bonchev–Trinajstić information content (AvgIpc) is 2.29. The number of nitrogens with zero attached hydrogens (tertiary/aromatic N) is 1. The van der Waals surface area contributed by atoms with Gasteiger partial charge in [0.2, 0.25) is 0 Å². The fourth-order valence-corrected chi connectivity index (χ4v) is 2.25. The maximum Gasteiger partial charge on any atom is 0.0991 e. The van der Waals surface area contributed by atoms with E-state index >= 15 is 0 Å². The van der Waals surface area contributed by atoms with E-state index in [1.54, 1.807) is 0 Å². The second kappa shape index (κ2) is 6.49. The molecule has 0 bridgehead atoms. The highest BCUT2D eigenvalue weighted by Crippen LogP contribution is 2.15. The molecule has 0 aromatic heterocycles. The molecule has 0 radical (unpaired) electrons. The van der Waals surface area contributed by atoms with E-state index in [9.17, 15) is 0 Å². The summed E-state index contributed by atoms with van der Waals surface area (Å²) in [7, 11) is 0. The van der Waals surface area contributed by atoms with Crippen LogP contribution in [0, 0.1) is 17.2 Å². The van der Waals surface area contributed by atoms with Crippen LogP contribution < -0.4 is 5.73 Å². The average molecular weight is 220 g/mol. The van der Waals surface area contributed by atoms with Crippen LogP contribution in [0.1, 0.15) is 18.1 Å². The molecule has 0 heterocycles. The Kier molecular flexibility index (Phi) is 5.23. The normalized spacial score (nSPS) is 12.1. The first-order valence-electron chi connectivity index (χ1n) is 5.03. The monoisotopic (exact) mass is 220 g/mol. The van der Waals surface area contributed by atoms with Gasteiger partial charge in [0.05, 0.1) is 11.6 Å². The number of nitriles is 1. The van der Waals surface area contributed by atoms with Crippen molar-refractivity contribution in [1.29, 1.82) is 5.26 Å². The third-order valence-corrected chi connectivity index (χ3v) is 3.47. The topological polar surface area (TPSA) is 49.8 Å². The summed E-state index contributed by atoms with van der Waals surface area (Å²) in [5.41, 5.74) is 7.49. The number of hydrogen-bond donors (Lipinski definition) is 1. The second-order valence-corrected chi connectivity index (χ2v) is 4.70. The van der Waals surface area contributed by atoms with Crippen LogP contribution in [0.4, 0.5) is 0 Å². The highest BCUT2D eigenvalue weighted by Gasteiger charge is 2.00. The molecule has 80 valence electrons. The van der Waals surface area contributed by atoms with Gasteiger partial charge >= 0.3 is 0 Å². The lowest BCUT2D eigenvalue weighted by atomic mass is 10.2. The maximum absolute atomic E-state index is 8.74. The van der Waals surface area contributed by atoms with E-state index in [0.29, 0.717) is 5.92 Å². The SMILES string of the molecule is CC(CN)CSCc1cccc(C#N)c1. The first kappa shape index (κ1) is 12.1. The zero-order chi connectivity index (χ0) is 11.1. The molecular weight excluding hydrogens is 204 g/mol. The van der Waals surface area contributed by atoms with Gasteiger partial charge in [0.25, 0.3) is 0 Å². The van der Waals surface area contributed by atoms with Crippen molar-refractivity contribution < 1.29 is 0 Å². The van der Waals surface area contributed by atoms with E-state index in [-0.39, 0.29) is 0 Å². The molecule has 0 aliphatic heterocycles. The van der Waals surface area contributed by atoms with Gasteiger partial charge in [-0.25, -0.2) is 0 Å². The number of thioether (sulfide) groups is 1. The lowest BCUT2D eigenvalue weighted by molar-refractivity contribution is 0.675. The minimum absolute atomic E-state index is 0.564. The Labute approximate surface area is 95.5 Å². The second-order valence-electron chi connectivity index (χ2n) is 3.67. The van der Waals surface area contributed by atoms with Crippen molar-refractivity contribution in [3.8, 4) is 6.07 Å². The van der Waals surface area contributed by atoms with Gasteiger partial charge in [0.1, 0.15) is 0 Å².